The molecule has 0 spiro atoms. The van der Waals surface area contributed by atoms with E-state index in [0.717, 1.165) is 0 Å². The van der Waals surface area contributed by atoms with Gasteiger partial charge in [-0.15, -0.1) is 0 Å². The number of nitrogens with zero attached hydrogens (tertiary/aromatic N) is 1. The monoisotopic (exact) mass is 311 g/mol. The van der Waals surface area contributed by atoms with Crippen LogP contribution in [0, 0.1) is 0 Å². The predicted molar refractivity (Wildman–Crippen MR) is 85.6 cm³/mol. The van der Waals surface area contributed by atoms with Crippen molar-refractivity contribution in [2.75, 3.05) is 4.90 Å². The van der Waals surface area contributed by atoms with Gasteiger partial charge in [-0.25, -0.2) is 0 Å². The Balaban J connectivity index is 2.14. The summed E-state index contributed by atoms with van der Waals surface area (Å²) in [4.78, 5) is 26.6. The summed E-state index contributed by atoms with van der Waals surface area (Å²) in [7, 11) is 0. The van der Waals surface area contributed by atoms with E-state index in [1.807, 2.05) is 0 Å². The van der Waals surface area contributed by atoms with Crippen molar-refractivity contribution in [2.45, 2.75) is 26.3 Å². The number of ketones is 2. The Labute approximate surface area is 133 Å². The van der Waals surface area contributed by atoms with Crippen molar-refractivity contribution in [1.82, 2.24) is 0 Å². The molecule has 2 N–H and O–H groups in total. The van der Waals surface area contributed by atoms with Gasteiger partial charge in [-0.2, -0.15) is 0 Å². The van der Waals surface area contributed by atoms with E-state index in [2.05, 4.69) is 0 Å². The van der Waals surface area contributed by atoms with Crippen molar-refractivity contribution in [3.8, 4) is 0 Å². The third-order valence-electron chi connectivity index (χ3n) is 4.01. The molecule has 23 heavy (non-hydrogen) atoms. The Morgan fingerprint density at radius 3 is 1.78 bits per heavy atom. The first-order valence-corrected chi connectivity index (χ1v) is 7.38. The third-order valence-corrected chi connectivity index (χ3v) is 4.01. The zero-order valence-electron chi connectivity index (χ0n) is 12.9. The van der Waals surface area contributed by atoms with Crippen LogP contribution in [0.25, 0.3) is 0 Å². The minimum absolute atomic E-state index is 0.192. The van der Waals surface area contributed by atoms with Gasteiger partial charge in [-0.05, 0) is 32.0 Å². The number of aliphatic hydroxyl groups excluding tert-OH is 2. The van der Waals surface area contributed by atoms with Crippen LogP contribution >= 0.6 is 0 Å². The number of hydrogen-bond donors (Lipinski definition) is 2. The summed E-state index contributed by atoms with van der Waals surface area (Å²) in [5, 5.41) is 19.7. The Kier molecular flexibility index (Phi) is 3.75. The second-order valence-corrected chi connectivity index (χ2v) is 5.60. The highest BCUT2D eigenvalue weighted by Gasteiger charge is 2.30. The molecule has 0 saturated carbocycles. The van der Waals surface area contributed by atoms with Crippen LogP contribution in [-0.4, -0.2) is 34.2 Å². The van der Waals surface area contributed by atoms with Crippen molar-refractivity contribution in [2.24, 2.45) is 0 Å². The van der Waals surface area contributed by atoms with Crippen molar-refractivity contribution in [1.29, 1.82) is 0 Å². The van der Waals surface area contributed by atoms with E-state index < -0.39 is 12.5 Å². The maximum Gasteiger partial charge on any atom is 0.194 e. The van der Waals surface area contributed by atoms with Gasteiger partial charge in [0.05, 0.1) is 0 Å². The van der Waals surface area contributed by atoms with Crippen molar-refractivity contribution < 1.29 is 19.8 Å². The summed E-state index contributed by atoms with van der Waals surface area (Å²) in [6, 6.07) is 11.5. The Morgan fingerprint density at radius 2 is 1.26 bits per heavy atom. The second kappa shape index (κ2) is 5.61. The minimum Gasteiger partial charge on any atom is -0.374 e. The molecule has 2 aromatic carbocycles. The SMILES string of the molecule is CC(O)N(c1ccc2c(c1)C(=O)c1ccccc1C2=O)C(C)O. The second-order valence-electron chi connectivity index (χ2n) is 5.60. The zero-order valence-corrected chi connectivity index (χ0v) is 12.9. The number of hydrogen-bond acceptors (Lipinski definition) is 5. The molecule has 2 unspecified atom stereocenters. The average molecular weight is 311 g/mol. The average Bonchev–Trinajstić information content (AvgIpc) is 2.52. The molecule has 0 aromatic heterocycles. The number of aliphatic hydroxyl groups is 2. The van der Waals surface area contributed by atoms with Gasteiger partial charge in [-0.1, -0.05) is 24.3 Å². The molecule has 3 rings (SSSR count). The molecule has 0 fully saturated rings. The number of rotatable bonds is 3. The molecule has 118 valence electrons. The van der Waals surface area contributed by atoms with Gasteiger partial charge in [0.1, 0.15) is 12.5 Å². The molecule has 1 aliphatic carbocycles. The van der Waals surface area contributed by atoms with Crippen LogP contribution in [0.5, 0.6) is 0 Å². The third kappa shape index (κ3) is 2.44. The van der Waals surface area contributed by atoms with E-state index in [4.69, 9.17) is 0 Å². The topological polar surface area (TPSA) is 77.8 Å². The first-order valence-electron chi connectivity index (χ1n) is 7.38. The molecule has 0 aliphatic heterocycles. The lowest BCUT2D eigenvalue weighted by molar-refractivity contribution is 0.0977. The lowest BCUT2D eigenvalue weighted by atomic mass is 9.84. The summed E-state index contributed by atoms with van der Waals surface area (Å²) >= 11 is 0. The van der Waals surface area contributed by atoms with Gasteiger partial charge in [0.25, 0.3) is 0 Å². The van der Waals surface area contributed by atoms with E-state index in [1.165, 1.54) is 18.7 Å². The van der Waals surface area contributed by atoms with Crippen LogP contribution in [0.3, 0.4) is 0 Å². The summed E-state index contributed by atoms with van der Waals surface area (Å²) in [5.41, 5.74) is 1.89. The van der Waals surface area contributed by atoms with Crippen LogP contribution in [0.2, 0.25) is 0 Å². The number of carbonyl (C=O) groups excluding carboxylic acids is 2. The van der Waals surface area contributed by atoms with Crippen LogP contribution in [-0.2, 0) is 0 Å². The summed E-state index contributed by atoms with van der Waals surface area (Å²) in [5.74, 6) is -0.421. The minimum atomic E-state index is -0.935. The molecule has 0 bridgehead atoms. The zero-order chi connectivity index (χ0) is 16.7. The molecule has 2 atom stereocenters. The smallest absolute Gasteiger partial charge is 0.194 e. The number of fused-ring (bicyclic) bond motifs is 2. The first kappa shape index (κ1) is 15.4. The van der Waals surface area contributed by atoms with E-state index in [9.17, 15) is 19.8 Å². The number of benzene rings is 2. The maximum atomic E-state index is 12.7. The van der Waals surface area contributed by atoms with Gasteiger partial charge in [0, 0.05) is 27.9 Å². The normalized spacial score (nSPS) is 15.7. The molecule has 1 aliphatic rings. The Hall–Kier alpha value is -2.50. The fraction of sp³-hybridized carbons (Fsp3) is 0.222. The van der Waals surface area contributed by atoms with E-state index in [0.29, 0.717) is 22.4 Å². The Morgan fingerprint density at radius 1 is 0.783 bits per heavy atom. The van der Waals surface area contributed by atoms with Gasteiger partial charge in [-0.3, -0.25) is 9.59 Å². The first-order chi connectivity index (χ1) is 10.9. The van der Waals surface area contributed by atoms with Crippen molar-refractivity contribution >= 4 is 17.3 Å². The van der Waals surface area contributed by atoms with Gasteiger partial charge >= 0.3 is 0 Å². The van der Waals surface area contributed by atoms with Crippen molar-refractivity contribution in [3.63, 3.8) is 0 Å². The van der Waals surface area contributed by atoms with Crippen LogP contribution < -0.4 is 4.90 Å². The van der Waals surface area contributed by atoms with Crippen LogP contribution in [0.4, 0.5) is 5.69 Å². The fourth-order valence-electron chi connectivity index (χ4n) is 2.99. The highest BCUT2D eigenvalue weighted by atomic mass is 16.3. The maximum absolute atomic E-state index is 12.7. The molecule has 5 heteroatoms. The lowest BCUT2D eigenvalue weighted by Crippen LogP contribution is -2.40. The highest BCUT2D eigenvalue weighted by molar-refractivity contribution is 6.28. The summed E-state index contributed by atoms with van der Waals surface area (Å²) in [6.45, 7) is 3.04. The van der Waals surface area contributed by atoms with Gasteiger partial charge in [0.15, 0.2) is 11.6 Å². The lowest BCUT2D eigenvalue weighted by Gasteiger charge is -2.31. The summed E-state index contributed by atoms with van der Waals surface area (Å²) < 4.78 is 0. The summed E-state index contributed by atoms with van der Waals surface area (Å²) in [6.07, 6.45) is -1.87. The molecular weight excluding hydrogens is 294 g/mol. The molecule has 2 aromatic rings. The highest BCUT2D eigenvalue weighted by Crippen LogP contribution is 2.31. The predicted octanol–water partition coefficient (Wildman–Crippen LogP) is 1.94. The molecule has 0 amide bonds. The fourth-order valence-corrected chi connectivity index (χ4v) is 2.99. The van der Waals surface area contributed by atoms with Crippen LogP contribution in [0.1, 0.15) is 45.7 Å². The molecular formula is C18H17NO4. The largest absolute Gasteiger partial charge is 0.374 e. The molecule has 0 heterocycles. The Bertz CT molecular complexity index is 787. The van der Waals surface area contributed by atoms with Crippen LogP contribution in [0.15, 0.2) is 42.5 Å². The van der Waals surface area contributed by atoms with Gasteiger partial charge in [0.2, 0.25) is 0 Å². The molecule has 0 radical (unpaired) electrons. The molecule has 0 saturated heterocycles. The standard InChI is InChI=1S/C18H17NO4/c1-10(20)19(11(2)21)12-7-8-15-16(9-12)18(23)14-6-4-3-5-13(14)17(15)22/h3-11,20-21H,1-2H3. The quantitative estimate of drug-likeness (QED) is 0.723. The van der Waals surface area contributed by atoms with E-state index >= 15 is 0 Å². The number of anilines is 1. The van der Waals surface area contributed by atoms with E-state index in [1.54, 1.807) is 42.5 Å². The van der Waals surface area contributed by atoms with Gasteiger partial charge < -0.3 is 15.1 Å². The molecule has 5 nitrogen and oxygen atoms in total. The number of carbonyl (C=O) groups is 2. The van der Waals surface area contributed by atoms with E-state index in [-0.39, 0.29) is 17.1 Å². The van der Waals surface area contributed by atoms with Crippen molar-refractivity contribution in [3.05, 3.63) is 64.7 Å².